The van der Waals surface area contributed by atoms with Crippen molar-refractivity contribution in [3.63, 3.8) is 0 Å². The van der Waals surface area contributed by atoms with Crippen molar-refractivity contribution in [3.05, 3.63) is 57.3 Å². The quantitative estimate of drug-likeness (QED) is 0.380. The van der Waals surface area contributed by atoms with E-state index in [2.05, 4.69) is 30.9 Å². The zero-order chi connectivity index (χ0) is 14.8. The zero-order valence-electron chi connectivity index (χ0n) is 11.3. The van der Waals surface area contributed by atoms with Gasteiger partial charge >= 0.3 is 0 Å². The fraction of sp³-hybridized carbons (Fsp3) is 0. The molecular formula is C17H10BrN3O. The minimum Gasteiger partial charge on any atom is -0.353 e. The maximum Gasteiger partial charge on any atom is 0.258 e. The molecule has 0 atom stereocenters. The van der Waals surface area contributed by atoms with Crippen LogP contribution in [0.25, 0.3) is 43.7 Å². The molecular weight excluding hydrogens is 342 g/mol. The summed E-state index contributed by atoms with van der Waals surface area (Å²) in [4.78, 5) is 22.4. The van der Waals surface area contributed by atoms with E-state index in [0.29, 0.717) is 5.39 Å². The first-order valence-electron chi connectivity index (χ1n) is 6.96. The molecule has 0 amide bonds. The van der Waals surface area contributed by atoms with Gasteiger partial charge in [0.15, 0.2) is 0 Å². The van der Waals surface area contributed by atoms with Gasteiger partial charge in [-0.05, 0) is 24.3 Å². The summed E-state index contributed by atoms with van der Waals surface area (Å²) in [5, 5.41) is 2.65. The predicted octanol–water partition coefficient (Wildman–Crippen LogP) is 4.41. The summed E-state index contributed by atoms with van der Waals surface area (Å²) < 4.78 is 0.985. The maximum atomic E-state index is 12.6. The van der Waals surface area contributed by atoms with Gasteiger partial charge in [-0.2, -0.15) is 0 Å². The van der Waals surface area contributed by atoms with Crippen molar-refractivity contribution in [2.45, 2.75) is 0 Å². The van der Waals surface area contributed by atoms with Crippen LogP contribution < -0.4 is 5.56 Å². The second kappa shape index (κ2) is 4.01. The second-order valence-electron chi connectivity index (χ2n) is 5.44. The van der Waals surface area contributed by atoms with Crippen molar-refractivity contribution in [2.75, 3.05) is 0 Å². The van der Waals surface area contributed by atoms with Gasteiger partial charge in [0.2, 0.25) is 0 Å². The van der Waals surface area contributed by atoms with Crippen LogP contribution >= 0.6 is 15.9 Å². The Bertz CT molecular complexity index is 1260. The summed E-state index contributed by atoms with van der Waals surface area (Å²) in [5.41, 5.74) is 4.52. The van der Waals surface area contributed by atoms with E-state index in [9.17, 15) is 4.79 Å². The number of benzene rings is 2. The third-order valence-electron chi connectivity index (χ3n) is 4.18. The molecule has 0 unspecified atom stereocenters. The average Bonchev–Trinajstić information content (AvgIpc) is 3.06. The first-order chi connectivity index (χ1) is 10.7. The van der Waals surface area contributed by atoms with Crippen molar-refractivity contribution in [1.29, 1.82) is 0 Å². The first-order valence-corrected chi connectivity index (χ1v) is 7.75. The Kier molecular flexibility index (Phi) is 2.20. The maximum absolute atomic E-state index is 12.6. The van der Waals surface area contributed by atoms with Crippen LogP contribution in [0, 0.1) is 0 Å². The lowest BCUT2D eigenvalue weighted by Crippen LogP contribution is -2.04. The van der Waals surface area contributed by atoms with E-state index in [-0.39, 0.29) is 5.56 Å². The third kappa shape index (κ3) is 1.43. The standard InChI is InChI=1S/C17H10BrN3O/c18-8-5-6-12-10(7-8)14-16(20-12)15-13(17(22)21-14)9-3-1-2-4-11(9)19-15/h1-7,19-20H,(H,21,22). The molecule has 0 aliphatic rings. The topological polar surface area (TPSA) is 64.4 Å². The first kappa shape index (κ1) is 12.1. The van der Waals surface area contributed by atoms with E-state index >= 15 is 0 Å². The largest absolute Gasteiger partial charge is 0.353 e. The minimum absolute atomic E-state index is 0.0687. The molecule has 5 heteroatoms. The number of rotatable bonds is 0. The SMILES string of the molecule is O=c1[nH]c2c3cc(Br)ccc3[nH]c2c2[nH]c3ccccc3c12. The Balaban J connectivity index is 2.13. The Morgan fingerprint density at radius 3 is 2.45 bits per heavy atom. The van der Waals surface area contributed by atoms with Crippen LogP contribution in [0.5, 0.6) is 0 Å². The van der Waals surface area contributed by atoms with Gasteiger partial charge in [0.05, 0.1) is 21.9 Å². The molecule has 0 saturated carbocycles. The highest BCUT2D eigenvalue weighted by atomic mass is 79.9. The second-order valence-corrected chi connectivity index (χ2v) is 6.36. The Morgan fingerprint density at radius 1 is 0.773 bits per heavy atom. The number of halogens is 1. The van der Waals surface area contributed by atoms with Crippen molar-refractivity contribution in [1.82, 2.24) is 15.0 Å². The molecule has 5 rings (SSSR count). The smallest absolute Gasteiger partial charge is 0.258 e. The van der Waals surface area contributed by atoms with Gasteiger partial charge in [-0.15, -0.1) is 0 Å². The molecule has 22 heavy (non-hydrogen) atoms. The molecule has 5 aromatic rings. The molecule has 0 aliphatic carbocycles. The summed E-state index contributed by atoms with van der Waals surface area (Å²) in [6.45, 7) is 0. The Labute approximate surface area is 132 Å². The van der Waals surface area contributed by atoms with E-state index < -0.39 is 0 Å². The predicted molar refractivity (Wildman–Crippen MR) is 93.5 cm³/mol. The van der Waals surface area contributed by atoms with E-state index in [0.717, 1.165) is 42.8 Å². The molecule has 0 saturated heterocycles. The van der Waals surface area contributed by atoms with Gasteiger partial charge in [0, 0.05) is 26.3 Å². The lowest BCUT2D eigenvalue weighted by Gasteiger charge is -1.95. The molecule has 3 aromatic heterocycles. The van der Waals surface area contributed by atoms with Crippen molar-refractivity contribution >= 4 is 59.7 Å². The number of hydrogen-bond donors (Lipinski definition) is 3. The molecule has 3 N–H and O–H groups in total. The minimum atomic E-state index is -0.0687. The molecule has 4 nitrogen and oxygen atoms in total. The number of fused-ring (bicyclic) bond motifs is 7. The van der Waals surface area contributed by atoms with Crippen molar-refractivity contribution in [3.8, 4) is 0 Å². The van der Waals surface area contributed by atoms with Crippen LogP contribution in [0.1, 0.15) is 0 Å². The fourth-order valence-corrected chi connectivity index (χ4v) is 3.58. The Hall–Kier alpha value is -2.53. The molecule has 0 bridgehead atoms. The summed E-state index contributed by atoms with van der Waals surface area (Å²) >= 11 is 3.49. The highest BCUT2D eigenvalue weighted by Gasteiger charge is 2.15. The fourth-order valence-electron chi connectivity index (χ4n) is 3.22. The van der Waals surface area contributed by atoms with Crippen LogP contribution in [0.2, 0.25) is 0 Å². The molecule has 0 spiro atoms. The van der Waals surface area contributed by atoms with Crippen molar-refractivity contribution < 1.29 is 0 Å². The van der Waals surface area contributed by atoms with Gasteiger partial charge in [-0.25, -0.2) is 0 Å². The lowest BCUT2D eigenvalue weighted by molar-refractivity contribution is 1.35. The lowest BCUT2D eigenvalue weighted by atomic mass is 10.1. The summed E-state index contributed by atoms with van der Waals surface area (Å²) in [7, 11) is 0. The number of aromatic amines is 3. The number of hydrogen-bond acceptors (Lipinski definition) is 1. The molecule has 0 aliphatic heterocycles. The average molecular weight is 352 g/mol. The number of H-pyrrole nitrogens is 3. The summed E-state index contributed by atoms with van der Waals surface area (Å²) in [6, 6.07) is 13.9. The van der Waals surface area contributed by atoms with Crippen molar-refractivity contribution in [2.24, 2.45) is 0 Å². The molecule has 0 radical (unpaired) electrons. The van der Waals surface area contributed by atoms with Gasteiger partial charge in [-0.3, -0.25) is 4.79 Å². The third-order valence-corrected chi connectivity index (χ3v) is 4.68. The van der Waals surface area contributed by atoms with E-state index in [1.54, 1.807) is 0 Å². The monoisotopic (exact) mass is 351 g/mol. The highest BCUT2D eigenvalue weighted by molar-refractivity contribution is 9.10. The Morgan fingerprint density at radius 2 is 1.55 bits per heavy atom. The van der Waals surface area contributed by atoms with E-state index in [1.807, 2.05) is 42.5 Å². The van der Waals surface area contributed by atoms with Gasteiger partial charge < -0.3 is 15.0 Å². The van der Waals surface area contributed by atoms with Crippen LogP contribution in [0.4, 0.5) is 0 Å². The van der Waals surface area contributed by atoms with Gasteiger partial charge in [-0.1, -0.05) is 34.1 Å². The number of pyridine rings is 1. The molecule has 3 heterocycles. The number of aromatic nitrogens is 3. The molecule has 2 aromatic carbocycles. The van der Waals surface area contributed by atoms with E-state index in [4.69, 9.17) is 0 Å². The number of para-hydroxylation sites is 1. The van der Waals surface area contributed by atoms with Crippen LogP contribution in [-0.2, 0) is 0 Å². The number of nitrogens with one attached hydrogen (secondary N) is 3. The van der Waals surface area contributed by atoms with Crippen LogP contribution in [0.15, 0.2) is 51.7 Å². The van der Waals surface area contributed by atoms with Crippen LogP contribution in [0.3, 0.4) is 0 Å². The highest BCUT2D eigenvalue weighted by Crippen LogP contribution is 2.32. The summed E-state index contributed by atoms with van der Waals surface area (Å²) in [6.07, 6.45) is 0. The van der Waals surface area contributed by atoms with Gasteiger partial charge in [0.25, 0.3) is 5.56 Å². The molecule has 106 valence electrons. The summed E-state index contributed by atoms with van der Waals surface area (Å²) in [5.74, 6) is 0. The van der Waals surface area contributed by atoms with Crippen LogP contribution in [-0.4, -0.2) is 15.0 Å². The normalized spacial score (nSPS) is 12.0. The molecule has 0 fully saturated rings. The zero-order valence-corrected chi connectivity index (χ0v) is 12.9. The van der Waals surface area contributed by atoms with E-state index in [1.165, 1.54) is 0 Å². The van der Waals surface area contributed by atoms with Gasteiger partial charge in [0.1, 0.15) is 0 Å².